The average molecular weight is 377 g/mol. The Morgan fingerprint density at radius 2 is 1.79 bits per heavy atom. The Hall–Kier alpha value is -3.54. The molecule has 0 unspecified atom stereocenters. The van der Waals surface area contributed by atoms with Crippen LogP contribution in [-0.4, -0.2) is 15.7 Å². The highest BCUT2D eigenvalue weighted by Crippen LogP contribution is 2.18. The van der Waals surface area contributed by atoms with Crippen LogP contribution in [0.3, 0.4) is 0 Å². The lowest BCUT2D eigenvalue weighted by atomic mass is 10.1. The van der Waals surface area contributed by atoms with Gasteiger partial charge >= 0.3 is 0 Å². The third-order valence-electron chi connectivity index (χ3n) is 4.55. The van der Waals surface area contributed by atoms with Crippen molar-refractivity contribution in [3.63, 3.8) is 0 Å². The normalized spacial score (nSPS) is 10.9. The Morgan fingerprint density at radius 3 is 2.57 bits per heavy atom. The molecular weight excluding hydrogens is 360 g/mol. The number of fused-ring (bicyclic) bond motifs is 1. The zero-order valence-electron chi connectivity index (χ0n) is 14.9. The second-order valence-corrected chi connectivity index (χ2v) is 6.48. The Kier molecular flexibility index (Phi) is 4.85. The van der Waals surface area contributed by atoms with Gasteiger partial charge in [0.15, 0.2) is 0 Å². The minimum Gasteiger partial charge on any atom is -0.348 e. The summed E-state index contributed by atoms with van der Waals surface area (Å²) < 4.78 is 28.6. The molecule has 0 radical (unpaired) electrons. The van der Waals surface area contributed by atoms with E-state index in [4.69, 9.17) is 0 Å². The third kappa shape index (κ3) is 3.76. The molecule has 1 aromatic heterocycles. The van der Waals surface area contributed by atoms with Crippen molar-refractivity contribution in [1.82, 2.24) is 15.1 Å². The fourth-order valence-electron chi connectivity index (χ4n) is 3.02. The van der Waals surface area contributed by atoms with Gasteiger partial charge in [-0.1, -0.05) is 36.4 Å². The summed E-state index contributed by atoms with van der Waals surface area (Å²) in [6, 6.07) is 17.8. The fourth-order valence-corrected chi connectivity index (χ4v) is 3.02. The number of rotatable bonds is 5. The van der Waals surface area contributed by atoms with E-state index in [1.54, 1.807) is 53.3 Å². The minimum atomic E-state index is -0.351. The van der Waals surface area contributed by atoms with E-state index in [0.717, 1.165) is 16.5 Å². The van der Waals surface area contributed by atoms with Crippen LogP contribution in [0.25, 0.3) is 10.9 Å². The first kappa shape index (κ1) is 17.9. The quantitative estimate of drug-likeness (QED) is 0.564. The van der Waals surface area contributed by atoms with Crippen molar-refractivity contribution in [1.29, 1.82) is 0 Å². The molecule has 0 bridgehead atoms. The van der Waals surface area contributed by atoms with Crippen LogP contribution in [0.4, 0.5) is 8.78 Å². The number of carbonyl (C=O) groups excluding carboxylic acids is 1. The summed E-state index contributed by atoms with van der Waals surface area (Å²) in [5.74, 6) is -0.932. The highest BCUT2D eigenvalue weighted by Gasteiger charge is 2.11. The maximum Gasteiger partial charge on any atom is 0.251 e. The van der Waals surface area contributed by atoms with Gasteiger partial charge in [-0.2, -0.15) is 5.10 Å². The summed E-state index contributed by atoms with van der Waals surface area (Å²) in [5.41, 5.74) is 2.59. The summed E-state index contributed by atoms with van der Waals surface area (Å²) >= 11 is 0. The van der Waals surface area contributed by atoms with Gasteiger partial charge in [0, 0.05) is 23.1 Å². The first-order chi connectivity index (χ1) is 13.6. The highest BCUT2D eigenvalue weighted by atomic mass is 19.1. The van der Waals surface area contributed by atoms with Crippen molar-refractivity contribution in [3.05, 3.63) is 101 Å². The smallest absolute Gasteiger partial charge is 0.251 e. The van der Waals surface area contributed by atoms with Crippen LogP contribution in [0.5, 0.6) is 0 Å². The van der Waals surface area contributed by atoms with E-state index in [2.05, 4.69) is 10.4 Å². The first-order valence-corrected chi connectivity index (χ1v) is 8.82. The predicted octanol–water partition coefficient (Wildman–Crippen LogP) is 4.29. The second-order valence-electron chi connectivity index (χ2n) is 6.48. The molecule has 4 rings (SSSR count). The molecule has 1 amide bonds. The lowest BCUT2D eigenvalue weighted by Crippen LogP contribution is -2.23. The van der Waals surface area contributed by atoms with Crippen LogP contribution in [0.15, 0.2) is 72.9 Å². The van der Waals surface area contributed by atoms with E-state index in [1.807, 2.05) is 6.07 Å². The van der Waals surface area contributed by atoms with E-state index in [-0.39, 0.29) is 24.1 Å². The van der Waals surface area contributed by atoms with Gasteiger partial charge in [0.25, 0.3) is 5.91 Å². The van der Waals surface area contributed by atoms with Crippen molar-refractivity contribution in [2.45, 2.75) is 13.1 Å². The van der Waals surface area contributed by atoms with Gasteiger partial charge in [0.1, 0.15) is 11.6 Å². The molecule has 4 aromatic rings. The molecule has 0 aliphatic carbocycles. The SMILES string of the molecule is O=C(NCc1ccccc1F)c1ccc2cnn(Cc3ccc(F)cc3)c2c1. The van der Waals surface area contributed by atoms with Crippen LogP contribution in [0, 0.1) is 11.6 Å². The van der Waals surface area contributed by atoms with Gasteiger partial charge in [-0.25, -0.2) is 8.78 Å². The van der Waals surface area contributed by atoms with Gasteiger partial charge < -0.3 is 5.32 Å². The van der Waals surface area contributed by atoms with Crippen LogP contribution < -0.4 is 5.32 Å². The van der Waals surface area contributed by atoms with Crippen molar-refractivity contribution in [2.24, 2.45) is 0 Å². The standard InChI is InChI=1S/C22H17F2N3O/c23-19-9-5-15(6-10-19)14-27-21-11-16(7-8-18(21)13-26-27)22(28)25-12-17-3-1-2-4-20(17)24/h1-11,13H,12,14H2,(H,25,28). The molecule has 0 fully saturated rings. The summed E-state index contributed by atoms with van der Waals surface area (Å²) in [4.78, 5) is 12.5. The number of hydrogen-bond donors (Lipinski definition) is 1. The monoisotopic (exact) mass is 377 g/mol. The summed E-state index contributed by atoms with van der Waals surface area (Å²) in [7, 11) is 0. The molecule has 1 heterocycles. The topological polar surface area (TPSA) is 46.9 Å². The molecule has 3 aromatic carbocycles. The third-order valence-corrected chi connectivity index (χ3v) is 4.55. The summed E-state index contributed by atoms with van der Waals surface area (Å²) in [5, 5.41) is 7.99. The zero-order valence-corrected chi connectivity index (χ0v) is 14.9. The molecule has 6 heteroatoms. The second kappa shape index (κ2) is 7.60. The Morgan fingerprint density at radius 1 is 1.00 bits per heavy atom. The molecule has 0 atom stereocenters. The number of carbonyl (C=O) groups is 1. The van der Waals surface area contributed by atoms with Crippen molar-refractivity contribution in [3.8, 4) is 0 Å². The number of nitrogens with one attached hydrogen (secondary N) is 1. The molecule has 0 aliphatic heterocycles. The number of nitrogens with zero attached hydrogens (tertiary/aromatic N) is 2. The first-order valence-electron chi connectivity index (χ1n) is 8.82. The maximum atomic E-state index is 13.7. The molecular formula is C22H17F2N3O. The molecule has 28 heavy (non-hydrogen) atoms. The molecule has 0 saturated carbocycles. The van der Waals surface area contributed by atoms with E-state index in [9.17, 15) is 13.6 Å². The van der Waals surface area contributed by atoms with Crippen molar-refractivity contribution >= 4 is 16.8 Å². The molecule has 1 N–H and O–H groups in total. The van der Waals surface area contributed by atoms with Gasteiger partial charge in [-0.3, -0.25) is 9.48 Å². The van der Waals surface area contributed by atoms with Gasteiger partial charge in [0.2, 0.25) is 0 Å². The van der Waals surface area contributed by atoms with Crippen LogP contribution in [0.1, 0.15) is 21.5 Å². The van der Waals surface area contributed by atoms with E-state index in [0.29, 0.717) is 17.7 Å². The molecule has 0 saturated heterocycles. The maximum absolute atomic E-state index is 13.7. The Balaban J connectivity index is 1.54. The molecule has 0 spiro atoms. The van der Waals surface area contributed by atoms with Crippen molar-refractivity contribution < 1.29 is 13.6 Å². The number of amides is 1. The van der Waals surface area contributed by atoms with E-state index in [1.165, 1.54) is 18.2 Å². The largest absolute Gasteiger partial charge is 0.348 e. The van der Waals surface area contributed by atoms with Crippen LogP contribution in [0.2, 0.25) is 0 Å². The zero-order chi connectivity index (χ0) is 19.5. The van der Waals surface area contributed by atoms with Gasteiger partial charge in [-0.05, 0) is 35.9 Å². The number of aromatic nitrogens is 2. The number of halogens is 2. The number of benzene rings is 3. The Bertz CT molecular complexity index is 1140. The summed E-state index contributed by atoms with van der Waals surface area (Å²) in [6.45, 7) is 0.572. The summed E-state index contributed by atoms with van der Waals surface area (Å²) in [6.07, 6.45) is 1.72. The van der Waals surface area contributed by atoms with Crippen LogP contribution >= 0.6 is 0 Å². The van der Waals surface area contributed by atoms with Gasteiger partial charge in [-0.15, -0.1) is 0 Å². The highest BCUT2D eigenvalue weighted by molar-refractivity contribution is 5.97. The number of hydrogen-bond acceptors (Lipinski definition) is 2. The van der Waals surface area contributed by atoms with E-state index < -0.39 is 0 Å². The average Bonchev–Trinajstić information content (AvgIpc) is 3.11. The fraction of sp³-hybridized carbons (Fsp3) is 0.0909. The lowest BCUT2D eigenvalue weighted by Gasteiger charge is -2.08. The Labute approximate surface area is 160 Å². The predicted molar refractivity (Wildman–Crippen MR) is 103 cm³/mol. The lowest BCUT2D eigenvalue weighted by molar-refractivity contribution is 0.0950. The van der Waals surface area contributed by atoms with Crippen LogP contribution in [-0.2, 0) is 13.1 Å². The van der Waals surface area contributed by atoms with Gasteiger partial charge in [0.05, 0.1) is 18.3 Å². The molecule has 4 nitrogen and oxygen atoms in total. The molecule has 140 valence electrons. The minimum absolute atomic E-state index is 0.110. The van der Waals surface area contributed by atoms with Crippen molar-refractivity contribution in [2.75, 3.05) is 0 Å². The van der Waals surface area contributed by atoms with E-state index >= 15 is 0 Å². The molecule has 0 aliphatic rings.